The lowest BCUT2D eigenvalue weighted by Gasteiger charge is -2.24. The molecule has 14 heteroatoms. The predicted octanol–water partition coefficient (Wildman–Crippen LogP) is 5.17. The van der Waals surface area contributed by atoms with E-state index in [2.05, 4.69) is 17.0 Å². The van der Waals surface area contributed by atoms with Gasteiger partial charge in [-0.2, -0.15) is 10.4 Å². The summed E-state index contributed by atoms with van der Waals surface area (Å²) in [5.41, 5.74) is 4.31. The van der Waals surface area contributed by atoms with E-state index in [9.17, 15) is 24.9 Å². The van der Waals surface area contributed by atoms with E-state index in [1.54, 1.807) is 6.07 Å². The highest BCUT2D eigenvalue weighted by Crippen LogP contribution is 2.46. The van der Waals surface area contributed by atoms with Gasteiger partial charge < -0.3 is 30.3 Å². The van der Waals surface area contributed by atoms with Gasteiger partial charge in [-0.1, -0.05) is 90.4 Å². The van der Waals surface area contributed by atoms with Crippen molar-refractivity contribution in [3.63, 3.8) is 0 Å². The maximum absolute atomic E-state index is 12.4. The SMILES string of the molecule is CCCCCCCCCCCCCCCCOCCCOP(=O)(O)OC[C@H]1O[C@@](C#N)(c2ccc3c(N)ncnn23)[C@H](O)[C@@H]1O. The van der Waals surface area contributed by atoms with Crippen molar-refractivity contribution >= 4 is 19.2 Å². The van der Waals surface area contributed by atoms with Crippen LogP contribution >= 0.6 is 7.82 Å². The summed E-state index contributed by atoms with van der Waals surface area (Å²) in [5.74, 6) is 0.149. The van der Waals surface area contributed by atoms with Crippen molar-refractivity contribution in [2.45, 2.75) is 127 Å². The molecule has 0 saturated carbocycles. The third kappa shape index (κ3) is 11.3. The molecule has 254 valence electrons. The number of ether oxygens (including phenoxy) is 2. The zero-order chi connectivity index (χ0) is 32.5. The van der Waals surface area contributed by atoms with E-state index >= 15 is 0 Å². The van der Waals surface area contributed by atoms with Crippen molar-refractivity contribution in [2.75, 3.05) is 32.2 Å². The minimum atomic E-state index is -4.49. The molecule has 3 heterocycles. The van der Waals surface area contributed by atoms with Gasteiger partial charge in [0.15, 0.2) is 5.82 Å². The van der Waals surface area contributed by atoms with E-state index in [1.807, 2.05) is 6.07 Å². The van der Waals surface area contributed by atoms with Gasteiger partial charge in [-0.15, -0.1) is 0 Å². The van der Waals surface area contributed by atoms with Crippen LogP contribution in [0.3, 0.4) is 0 Å². The third-order valence-electron chi connectivity index (χ3n) is 8.22. The molecule has 2 aromatic heterocycles. The average Bonchev–Trinajstić information content (AvgIpc) is 3.57. The van der Waals surface area contributed by atoms with E-state index in [4.69, 9.17) is 24.3 Å². The average molecular weight is 654 g/mol. The number of nitrogens with zero attached hydrogens (tertiary/aromatic N) is 4. The number of hydrogen-bond donors (Lipinski definition) is 4. The molecule has 1 unspecified atom stereocenters. The van der Waals surface area contributed by atoms with Gasteiger partial charge in [-0.3, -0.25) is 9.05 Å². The number of nitriles is 1. The summed E-state index contributed by atoms with van der Waals surface area (Å²) in [7, 11) is -4.49. The molecule has 0 aromatic carbocycles. The molecule has 0 aliphatic carbocycles. The first-order valence-electron chi connectivity index (χ1n) is 16.5. The molecule has 1 fully saturated rings. The van der Waals surface area contributed by atoms with Gasteiger partial charge >= 0.3 is 7.82 Å². The second kappa shape index (κ2) is 19.5. The summed E-state index contributed by atoms with van der Waals surface area (Å²) in [5, 5.41) is 35.4. The highest BCUT2D eigenvalue weighted by molar-refractivity contribution is 7.47. The second-order valence-electron chi connectivity index (χ2n) is 11.8. The first kappa shape index (κ1) is 37.3. The third-order valence-corrected chi connectivity index (χ3v) is 9.20. The smallest absolute Gasteiger partial charge is 0.387 e. The molecule has 2 aromatic rings. The largest absolute Gasteiger partial charge is 0.472 e. The van der Waals surface area contributed by atoms with Crippen molar-refractivity contribution < 1.29 is 38.2 Å². The number of aliphatic hydroxyl groups is 2. The van der Waals surface area contributed by atoms with Crippen LogP contribution in [0, 0.1) is 11.3 Å². The van der Waals surface area contributed by atoms with Crippen LogP contribution in [0.5, 0.6) is 0 Å². The molecule has 1 aliphatic heterocycles. The Morgan fingerprint density at radius 3 is 2.18 bits per heavy atom. The molecule has 13 nitrogen and oxygen atoms in total. The predicted molar refractivity (Wildman–Crippen MR) is 169 cm³/mol. The summed E-state index contributed by atoms with van der Waals surface area (Å²) >= 11 is 0. The number of fused-ring (bicyclic) bond motifs is 1. The Kier molecular flexibility index (Phi) is 16.2. The summed E-state index contributed by atoms with van der Waals surface area (Å²) in [6.45, 7) is 2.61. The highest BCUT2D eigenvalue weighted by atomic mass is 31.2. The first-order chi connectivity index (χ1) is 21.8. The van der Waals surface area contributed by atoms with Crippen LogP contribution in [0.25, 0.3) is 5.52 Å². The zero-order valence-electron chi connectivity index (χ0n) is 26.6. The Hall–Kier alpha value is -2.14. The van der Waals surface area contributed by atoms with Crippen LogP contribution in [0.15, 0.2) is 18.5 Å². The van der Waals surface area contributed by atoms with Crippen LogP contribution in [0.2, 0.25) is 0 Å². The minimum absolute atomic E-state index is 0.0668. The molecule has 5 atom stereocenters. The lowest BCUT2D eigenvalue weighted by molar-refractivity contribution is -0.0643. The molecule has 0 bridgehead atoms. The monoisotopic (exact) mass is 653 g/mol. The summed E-state index contributed by atoms with van der Waals surface area (Å²) in [4.78, 5) is 14.0. The van der Waals surface area contributed by atoms with Crippen molar-refractivity contribution in [3.05, 3.63) is 24.2 Å². The van der Waals surface area contributed by atoms with Gasteiger partial charge in [-0.05, 0) is 25.0 Å². The van der Waals surface area contributed by atoms with Crippen molar-refractivity contribution in [3.8, 4) is 6.07 Å². The van der Waals surface area contributed by atoms with Crippen LogP contribution in [-0.4, -0.2) is 74.4 Å². The fourth-order valence-electron chi connectivity index (χ4n) is 5.60. The molecule has 5 N–H and O–H groups in total. The van der Waals surface area contributed by atoms with E-state index in [0.29, 0.717) is 25.2 Å². The van der Waals surface area contributed by atoms with E-state index in [1.165, 1.54) is 94.0 Å². The quantitative estimate of drug-likeness (QED) is 0.0858. The molecule has 1 saturated heterocycles. The molecule has 0 amide bonds. The van der Waals surface area contributed by atoms with Gasteiger partial charge in [-0.25, -0.2) is 14.1 Å². The molecule has 45 heavy (non-hydrogen) atoms. The maximum atomic E-state index is 12.4. The van der Waals surface area contributed by atoms with E-state index < -0.39 is 38.3 Å². The number of phosphoric acid groups is 1. The van der Waals surface area contributed by atoms with E-state index in [-0.39, 0.29) is 18.1 Å². The summed E-state index contributed by atoms with van der Waals surface area (Å²) in [6, 6.07) is 4.93. The number of hydrogen-bond acceptors (Lipinski definition) is 11. The lowest BCUT2D eigenvalue weighted by Crippen LogP contribution is -2.41. The molecule has 0 spiro atoms. The zero-order valence-corrected chi connectivity index (χ0v) is 27.5. The Balaban J connectivity index is 1.23. The van der Waals surface area contributed by atoms with Gasteiger partial charge in [0, 0.05) is 13.2 Å². The number of aromatic nitrogens is 3. The topological polar surface area (TPSA) is 195 Å². The van der Waals surface area contributed by atoms with Crippen LogP contribution in [0.1, 0.15) is 109 Å². The van der Waals surface area contributed by atoms with Crippen molar-refractivity contribution in [1.29, 1.82) is 5.26 Å². The number of nitrogen functional groups attached to an aromatic ring is 1. The lowest BCUT2D eigenvalue weighted by atomic mass is 9.92. The Morgan fingerprint density at radius 2 is 1.56 bits per heavy atom. The second-order valence-corrected chi connectivity index (χ2v) is 13.2. The highest BCUT2D eigenvalue weighted by Gasteiger charge is 2.58. The number of rotatable bonds is 24. The minimum Gasteiger partial charge on any atom is -0.387 e. The van der Waals surface area contributed by atoms with Crippen LogP contribution < -0.4 is 5.73 Å². The van der Waals surface area contributed by atoms with Crippen LogP contribution in [0.4, 0.5) is 5.82 Å². The Bertz CT molecular complexity index is 1230. The fraction of sp³-hybridized carbons (Fsp3) is 0.774. The maximum Gasteiger partial charge on any atom is 0.472 e. The van der Waals surface area contributed by atoms with Gasteiger partial charge in [0.25, 0.3) is 0 Å². The van der Waals surface area contributed by atoms with Gasteiger partial charge in [0.2, 0.25) is 5.60 Å². The number of nitrogens with two attached hydrogens (primary N) is 1. The van der Waals surface area contributed by atoms with Gasteiger partial charge in [0.05, 0.1) is 18.9 Å². The Labute approximate surface area is 266 Å². The molecule has 1 aliphatic rings. The van der Waals surface area contributed by atoms with Crippen molar-refractivity contribution in [2.24, 2.45) is 0 Å². The van der Waals surface area contributed by atoms with Crippen molar-refractivity contribution in [1.82, 2.24) is 14.6 Å². The first-order valence-corrected chi connectivity index (χ1v) is 18.0. The van der Waals surface area contributed by atoms with Crippen LogP contribution in [-0.2, 0) is 28.7 Å². The number of phosphoric ester groups is 1. The molecule has 0 radical (unpaired) electrons. The molecule has 3 rings (SSSR count). The number of unbranched alkanes of at least 4 members (excludes halogenated alkanes) is 13. The van der Waals surface area contributed by atoms with Gasteiger partial charge in [0.1, 0.15) is 36.2 Å². The number of aliphatic hydroxyl groups excluding tert-OH is 2. The molecular formula is C31H52N5O8P. The molecular weight excluding hydrogens is 601 g/mol. The standard InChI is InChI=1S/C31H52N5O8P/c1-2-3-4-5-6-7-8-9-10-11-12-13-14-15-19-41-20-16-21-42-45(39,40)43-22-26-28(37)29(38)31(23-32,44-26)27-18-17-25-30(33)34-24-35-36(25)27/h17-18,24,26,28-29,37-38H,2-16,19-22H2,1H3,(H,39,40)(H2,33,34,35)/t26-,28-,29-,31+/m1/s1. The normalized spacial score (nSPS) is 23.0. The summed E-state index contributed by atoms with van der Waals surface area (Å²) < 4.78 is 35.0. The summed E-state index contributed by atoms with van der Waals surface area (Å²) in [6.07, 6.45) is 15.1. The Morgan fingerprint density at radius 1 is 0.956 bits per heavy atom. The fourth-order valence-corrected chi connectivity index (χ4v) is 6.37. The number of anilines is 1. The van der Waals surface area contributed by atoms with E-state index in [0.717, 1.165) is 12.8 Å².